The molecule has 14 heteroatoms. The van der Waals surface area contributed by atoms with Crippen molar-refractivity contribution < 1.29 is 64.6 Å². The van der Waals surface area contributed by atoms with Crippen molar-refractivity contribution in [1.29, 1.82) is 0 Å². The Labute approximate surface area is 321 Å². The van der Waals surface area contributed by atoms with Crippen molar-refractivity contribution in [2.75, 3.05) is 19.8 Å². The molecule has 12 unspecified atom stereocenters. The Morgan fingerprint density at radius 1 is 0.667 bits per heavy atom. The molecule has 2 aliphatic rings. The van der Waals surface area contributed by atoms with Gasteiger partial charge in [-0.1, -0.05) is 102 Å². The van der Waals surface area contributed by atoms with E-state index >= 15 is 0 Å². The van der Waals surface area contributed by atoms with Crippen molar-refractivity contribution in [2.24, 2.45) is 0 Å². The Morgan fingerprint density at radius 2 is 1.26 bits per heavy atom. The van der Waals surface area contributed by atoms with Crippen molar-refractivity contribution >= 4 is 5.91 Å². The Hall–Kier alpha value is -1.79. The van der Waals surface area contributed by atoms with Gasteiger partial charge in [-0.05, 0) is 44.9 Å². The average molecular weight is 774 g/mol. The van der Waals surface area contributed by atoms with E-state index in [2.05, 4.69) is 43.5 Å². The number of rotatable bonds is 28. The SMILES string of the molecule is CCC/C=C\C/C=C\CCCCCCCC(=O)NC(COC1OC(CO)C(OC2OC(CO)C(O)C(O)C2O)C(O)C1O)C(O)/C=C/CCCCCCC. The topological polar surface area (TPSA) is 228 Å². The van der Waals surface area contributed by atoms with Crippen LogP contribution < -0.4 is 5.32 Å². The first-order valence-corrected chi connectivity index (χ1v) is 20.2. The molecule has 2 heterocycles. The Kier molecular flexibility index (Phi) is 25.6. The number of unbranched alkanes of at least 4 members (excludes halogenated alkanes) is 11. The number of carbonyl (C=O) groups excluding carboxylic acids is 1. The van der Waals surface area contributed by atoms with E-state index in [1.807, 2.05) is 6.08 Å². The van der Waals surface area contributed by atoms with Gasteiger partial charge in [-0.2, -0.15) is 0 Å². The fourth-order valence-electron chi connectivity index (χ4n) is 6.38. The van der Waals surface area contributed by atoms with Gasteiger partial charge in [0.15, 0.2) is 12.6 Å². The van der Waals surface area contributed by atoms with E-state index in [9.17, 15) is 45.6 Å². The predicted octanol–water partition coefficient (Wildman–Crippen LogP) is 2.42. The summed E-state index contributed by atoms with van der Waals surface area (Å²) in [4.78, 5) is 13.0. The fourth-order valence-corrected chi connectivity index (χ4v) is 6.38. The van der Waals surface area contributed by atoms with E-state index < -0.39 is 86.8 Å². The van der Waals surface area contributed by atoms with Gasteiger partial charge in [-0.3, -0.25) is 4.79 Å². The second-order valence-corrected chi connectivity index (χ2v) is 14.4. The second kappa shape index (κ2) is 28.6. The lowest BCUT2D eigenvalue weighted by molar-refractivity contribution is -0.359. The van der Waals surface area contributed by atoms with Gasteiger partial charge in [0.2, 0.25) is 5.91 Å². The van der Waals surface area contributed by atoms with E-state index in [0.717, 1.165) is 83.5 Å². The number of hydrogen-bond acceptors (Lipinski definition) is 13. The summed E-state index contributed by atoms with van der Waals surface area (Å²) in [5, 5.41) is 85.9. The summed E-state index contributed by atoms with van der Waals surface area (Å²) in [6.07, 6.45) is 10.9. The molecular weight excluding hydrogens is 702 g/mol. The van der Waals surface area contributed by atoms with Gasteiger partial charge in [0.1, 0.15) is 48.8 Å². The summed E-state index contributed by atoms with van der Waals surface area (Å²) in [6.45, 7) is 2.59. The zero-order chi connectivity index (χ0) is 39.7. The molecule has 0 saturated carbocycles. The summed E-state index contributed by atoms with van der Waals surface area (Å²) >= 11 is 0. The number of carbonyl (C=O) groups is 1. The third-order valence-corrected chi connectivity index (χ3v) is 9.80. The van der Waals surface area contributed by atoms with Crippen LogP contribution in [0.15, 0.2) is 36.5 Å². The number of aliphatic hydroxyl groups excluding tert-OH is 8. The van der Waals surface area contributed by atoms with Crippen LogP contribution in [0.25, 0.3) is 0 Å². The number of aliphatic hydroxyl groups is 8. The molecule has 9 N–H and O–H groups in total. The number of allylic oxidation sites excluding steroid dienone is 5. The molecule has 0 aromatic rings. The molecule has 0 aliphatic carbocycles. The summed E-state index contributed by atoms with van der Waals surface area (Å²) < 4.78 is 22.5. The van der Waals surface area contributed by atoms with Crippen molar-refractivity contribution in [2.45, 2.75) is 190 Å². The van der Waals surface area contributed by atoms with Crippen molar-refractivity contribution in [1.82, 2.24) is 5.32 Å². The molecular formula is C40H71NO13. The normalized spacial score (nSPS) is 30.4. The molecule has 2 rings (SSSR count). The highest BCUT2D eigenvalue weighted by molar-refractivity contribution is 5.76. The van der Waals surface area contributed by atoms with Crippen molar-refractivity contribution in [3.05, 3.63) is 36.5 Å². The lowest BCUT2D eigenvalue weighted by atomic mass is 9.97. The lowest BCUT2D eigenvalue weighted by Gasteiger charge is -2.46. The molecule has 1 amide bonds. The van der Waals surface area contributed by atoms with Gasteiger partial charge in [-0.25, -0.2) is 0 Å². The van der Waals surface area contributed by atoms with E-state index in [0.29, 0.717) is 6.42 Å². The fraction of sp³-hybridized carbons (Fsp3) is 0.825. The van der Waals surface area contributed by atoms with Crippen LogP contribution in [-0.2, 0) is 23.7 Å². The van der Waals surface area contributed by atoms with E-state index in [4.69, 9.17) is 18.9 Å². The van der Waals surface area contributed by atoms with Crippen molar-refractivity contribution in [3.63, 3.8) is 0 Å². The summed E-state index contributed by atoms with van der Waals surface area (Å²) in [6, 6.07) is -0.916. The van der Waals surface area contributed by atoms with Gasteiger partial charge in [0, 0.05) is 6.42 Å². The summed E-state index contributed by atoms with van der Waals surface area (Å²) in [7, 11) is 0. The Bertz CT molecular complexity index is 1060. The highest BCUT2D eigenvalue weighted by atomic mass is 16.7. The Morgan fingerprint density at radius 3 is 1.93 bits per heavy atom. The first-order valence-electron chi connectivity index (χ1n) is 20.2. The minimum atomic E-state index is -1.79. The van der Waals surface area contributed by atoms with Gasteiger partial charge >= 0.3 is 0 Å². The molecule has 0 radical (unpaired) electrons. The maximum Gasteiger partial charge on any atom is 0.220 e. The molecule has 14 nitrogen and oxygen atoms in total. The van der Waals surface area contributed by atoms with Crippen LogP contribution in [0.4, 0.5) is 0 Å². The summed E-state index contributed by atoms with van der Waals surface area (Å²) in [5.74, 6) is -0.263. The van der Waals surface area contributed by atoms with Crippen LogP contribution in [0.1, 0.15) is 117 Å². The van der Waals surface area contributed by atoms with E-state index in [1.54, 1.807) is 6.08 Å². The third-order valence-electron chi connectivity index (χ3n) is 9.80. The molecule has 2 fully saturated rings. The van der Waals surface area contributed by atoms with Gasteiger partial charge in [0.05, 0.1) is 32.0 Å². The maximum atomic E-state index is 13.0. The molecule has 314 valence electrons. The van der Waals surface area contributed by atoms with Crippen molar-refractivity contribution in [3.8, 4) is 0 Å². The second-order valence-electron chi connectivity index (χ2n) is 14.4. The zero-order valence-electron chi connectivity index (χ0n) is 32.4. The highest BCUT2D eigenvalue weighted by Crippen LogP contribution is 2.29. The first-order chi connectivity index (χ1) is 26.1. The Balaban J connectivity index is 1.93. The standard InChI is InChI=1S/C40H71NO13/c1-3-5-7-9-11-12-13-14-15-16-18-20-22-24-32(45)41-28(29(44)23-21-19-17-10-8-6-4-2)27-51-39-37(50)35(48)38(31(26-43)53-39)54-40-36(49)34(47)33(46)30(25-42)52-40/h7,9,12-13,21,23,28-31,33-40,42-44,46-50H,3-6,8,10-11,14-20,22,24-27H2,1-2H3,(H,41,45)/b9-7-,13-12-,23-21+. The van der Waals surface area contributed by atoms with Gasteiger partial charge in [-0.15, -0.1) is 0 Å². The summed E-state index contributed by atoms with van der Waals surface area (Å²) in [5.41, 5.74) is 0. The predicted molar refractivity (Wildman–Crippen MR) is 203 cm³/mol. The molecule has 2 saturated heterocycles. The van der Waals surface area contributed by atoms with Crippen LogP contribution in [0.2, 0.25) is 0 Å². The number of nitrogens with one attached hydrogen (secondary N) is 1. The molecule has 0 bridgehead atoms. The van der Waals surface area contributed by atoms with Crippen LogP contribution in [-0.4, -0.2) is 140 Å². The van der Waals surface area contributed by atoms with Gasteiger partial charge in [0.25, 0.3) is 0 Å². The molecule has 0 aromatic heterocycles. The molecule has 0 aromatic carbocycles. The minimum absolute atomic E-state index is 0.263. The lowest BCUT2D eigenvalue weighted by Crippen LogP contribution is -2.65. The van der Waals surface area contributed by atoms with Crippen LogP contribution in [0, 0.1) is 0 Å². The van der Waals surface area contributed by atoms with Crippen LogP contribution in [0.3, 0.4) is 0 Å². The monoisotopic (exact) mass is 773 g/mol. The zero-order valence-corrected chi connectivity index (χ0v) is 32.4. The largest absolute Gasteiger partial charge is 0.394 e. The van der Waals surface area contributed by atoms with E-state index in [-0.39, 0.29) is 18.9 Å². The molecule has 2 aliphatic heterocycles. The van der Waals surface area contributed by atoms with Crippen LogP contribution in [0.5, 0.6) is 0 Å². The van der Waals surface area contributed by atoms with E-state index in [1.165, 1.54) is 6.42 Å². The average Bonchev–Trinajstić information content (AvgIpc) is 3.17. The molecule has 0 spiro atoms. The number of amides is 1. The smallest absolute Gasteiger partial charge is 0.220 e. The number of ether oxygens (including phenoxy) is 4. The number of hydrogen-bond donors (Lipinski definition) is 9. The molecule has 12 atom stereocenters. The maximum absolute atomic E-state index is 13.0. The highest BCUT2D eigenvalue weighted by Gasteiger charge is 2.50. The minimum Gasteiger partial charge on any atom is -0.394 e. The molecule has 54 heavy (non-hydrogen) atoms. The first kappa shape index (κ1) is 48.4. The van der Waals surface area contributed by atoms with Crippen LogP contribution >= 0.6 is 0 Å². The quantitative estimate of drug-likeness (QED) is 0.0412. The third kappa shape index (κ3) is 17.6. The van der Waals surface area contributed by atoms with Gasteiger partial charge < -0.3 is 65.1 Å².